The van der Waals surface area contributed by atoms with Crippen LogP contribution >= 0.6 is 0 Å². The monoisotopic (exact) mass is 465 g/mol. The molecule has 0 atom stereocenters. The minimum Gasteiger partial charge on any atom is -0.461 e. The Morgan fingerprint density at radius 3 is 2.44 bits per heavy atom. The van der Waals surface area contributed by atoms with E-state index >= 15 is 0 Å². The summed E-state index contributed by atoms with van der Waals surface area (Å²) in [6.45, 7) is 7.02. The number of aromatic nitrogens is 1. The van der Waals surface area contributed by atoms with Crippen molar-refractivity contribution in [2.75, 3.05) is 39.3 Å². The molecule has 0 spiro atoms. The molecule has 32 heavy (non-hydrogen) atoms. The van der Waals surface area contributed by atoms with Crippen molar-refractivity contribution in [1.82, 2.24) is 14.2 Å². The van der Waals surface area contributed by atoms with E-state index in [1.807, 2.05) is 4.90 Å². The number of carbonyl (C=O) groups excluding carboxylic acids is 2. The number of carbonyl (C=O) groups is 2. The third kappa shape index (κ3) is 5.08. The summed E-state index contributed by atoms with van der Waals surface area (Å²) in [5, 5.41) is 0. The molecule has 3 rings (SSSR count). The molecule has 2 aromatic rings. The number of aromatic amines is 1. The van der Waals surface area contributed by atoms with Crippen LogP contribution < -0.4 is 0 Å². The Hall–Kier alpha value is -2.56. The molecule has 0 aliphatic carbocycles. The average Bonchev–Trinajstić information content (AvgIpc) is 2.89. The fourth-order valence-corrected chi connectivity index (χ4v) is 5.43. The lowest BCUT2D eigenvalue weighted by Gasteiger charge is -2.21. The number of H-pyrrole nitrogens is 1. The first-order valence-electron chi connectivity index (χ1n) is 10.5. The van der Waals surface area contributed by atoms with Crippen LogP contribution in [0.15, 0.2) is 29.2 Å². The molecule has 8 nitrogen and oxygen atoms in total. The number of esters is 1. The van der Waals surface area contributed by atoms with Gasteiger partial charge in [-0.3, -0.25) is 9.69 Å². The zero-order chi connectivity index (χ0) is 23.5. The number of nitrogens with one attached hydrogen (secondary N) is 1. The standard InChI is InChI=1S/C22H28FN3O5S/c1-4-31-22(28)21-15(2)20(16(3)24-21)19(27)14-25-10-5-11-26(13-12-25)32(29,30)18-8-6-17(23)7-9-18/h6-9,24H,4-5,10-14H2,1-3H3. The first-order chi connectivity index (χ1) is 15.1. The number of halogens is 1. The number of Topliss-reactive ketones (excluding diaryl/α,β-unsaturated/α-hetero) is 1. The first-order valence-corrected chi connectivity index (χ1v) is 12.0. The van der Waals surface area contributed by atoms with E-state index in [1.165, 1.54) is 16.4 Å². The smallest absolute Gasteiger partial charge is 0.355 e. The topological polar surface area (TPSA) is 99.8 Å². The van der Waals surface area contributed by atoms with Crippen LogP contribution in [0.2, 0.25) is 0 Å². The zero-order valence-corrected chi connectivity index (χ0v) is 19.3. The maximum absolute atomic E-state index is 13.2. The van der Waals surface area contributed by atoms with E-state index in [0.717, 1.165) is 12.1 Å². The molecule has 1 aromatic heterocycles. The molecule has 1 fully saturated rings. The van der Waals surface area contributed by atoms with Gasteiger partial charge in [-0.25, -0.2) is 17.6 Å². The van der Waals surface area contributed by atoms with Crippen LogP contribution in [0.5, 0.6) is 0 Å². The van der Waals surface area contributed by atoms with Crippen molar-refractivity contribution in [2.24, 2.45) is 0 Å². The van der Waals surface area contributed by atoms with Crippen LogP contribution in [-0.4, -0.2) is 73.7 Å². The molecule has 0 radical (unpaired) electrons. The van der Waals surface area contributed by atoms with Gasteiger partial charge < -0.3 is 9.72 Å². The van der Waals surface area contributed by atoms with E-state index in [1.54, 1.807) is 20.8 Å². The Balaban J connectivity index is 1.68. The summed E-state index contributed by atoms with van der Waals surface area (Å²) in [5.41, 5.74) is 1.90. The third-order valence-electron chi connectivity index (χ3n) is 5.56. The molecule has 1 aliphatic rings. The number of hydrogen-bond donors (Lipinski definition) is 1. The lowest BCUT2D eigenvalue weighted by Crippen LogP contribution is -2.36. The molecular formula is C22H28FN3O5S. The Kier molecular flexibility index (Phi) is 7.47. The largest absolute Gasteiger partial charge is 0.461 e. The van der Waals surface area contributed by atoms with Gasteiger partial charge >= 0.3 is 5.97 Å². The van der Waals surface area contributed by atoms with Gasteiger partial charge in [-0.2, -0.15) is 4.31 Å². The maximum atomic E-state index is 13.2. The van der Waals surface area contributed by atoms with E-state index in [4.69, 9.17) is 4.74 Å². The van der Waals surface area contributed by atoms with E-state index < -0.39 is 21.8 Å². The van der Waals surface area contributed by atoms with Gasteiger partial charge in [0.1, 0.15) is 11.5 Å². The quantitative estimate of drug-likeness (QED) is 0.498. The molecule has 0 amide bonds. The number of benzene rings is 1. The van der Waals surface area contributed by atoms with Gasteiger partial charge in [-0.15, -0.1) is 0 Å². The lowest BCUT2D eigenvalue weighted by molar-refractivity contribution is 0.0519. The molecule has 174 valence electrons. The van der Waals surface area contributed by atoms with E-state index in [2.05, 4.69) is 4.98 Å². The zero-order valence-electron chi connectivity index (χ0n) is 18.5. The number of nitrogens with zero attached hydrogens (tertiary/aromatic N) is 2. The fraction of sp³-hybridized carbons (Fsp3) is 0.455. The molecule has 10 heteroatoms. The summed E-state index contributed by atoms with van der Waals surface area (Å²) in [6, 6.07) is 4.77. The summed E-state index contributed by atoms with van der Waals surface area (Å²) < 4.78 is 45.3. The lowest BCUT2D eigenvalue weighted by atomic mass is 10.1. The average molecular weight is 466 g/mol. The number of rotatable bonds is 7. The number of sulfonamides is 1. The van der Waals surface area contributed by atoms with Gasteiger partial charge in [0.05, 0.1) is 18.0 Å². The Bertz CT molecular complexity index is 1100. The predicted molar refractivity (Wildman–Crippen MR) is 117 cm³/mol. The van der Waals surface area contributed by atoms with Crippen molar-refractivity contribution in [3.8, 4) is 0 Å². The normalized spacial score (nSPS) is 16.0. The summed E-state index contributed by atoms with van der Waals surface area (Å²) in [6.07, 6.45) is 0.562. The summed E-state index contributed by atoms with van der Waals surface area (Å²) >= 11 is 0. The van der Waals surface area contributed by atoms with Crippen molar-refractivity contribution in [3.05, 3.63) is 52.6 Å². The molecule has 2 heterocycles. The van der Waals surface area contributed by atoms with Crippen molar-refractivity contribution >= 4 is 21.8 Å². The Labute approximate surface area is 187 Å². The summed E-state index contributed by atoms with van der Waals surface area (Å²) in [5.74, 6) is -1.13. The van der Waals surface area contributed by atoms with Crippen LogP contribution in [-0.2, 0) is 14.8 Å². The highest BCUT2D eigenvalue weighted by Crippen LogP contribution is 2.21. The highest BCUT2D eigenvalue weighted by Gasteiger charge is 2.29. The molecule has 1 aliphatic heterocycles. The minimum atomic E-state index is -3.73. The molecule has 0 unspecified atom stereocenters. The van der Waals surface area contributed by atoms with Crippen LogP contribution in [0.4, 0.5) is 4.39 Å². The second kappa shape index (κ2) is 9.93. The van der Waals surface area contributed by atoms with E-state index in [0.29, 0.717) is 42.9 Å². The summed E-state index contributed by atoms with van der Waals surface area (Å²) in [7, 11) is -3.73. The van der Waals surface area contributed by atoms with Crippen molar-refractivity contribution < 1.29 is 27.1 Å². The number of ether oxygens (including phenoxy) is 1. The van der Waals surface area contributed by atoms with E-state index in [-0.39, 0.29) is 36.1 Å². The number of hydrogen-bond acceptors (Lipinski definition) is 6. The number of ketones is 1. The second-order valence-electron chi connectivity index (χ2n) is 7.76. The SMILES string of the molecule is CCOC(=O)c1[nH]c(C)c(C(=O)CN2CCCN(S(=O)(=O)c3ccc(F)cc3)CC2)c1C. The van der Waals surface area contributed by atoms with Gasteiger partial charge in [-0.1, -0.05) is 0 Å². The van der Waals surface area contributed by atoms with Crippen LogP contribution in [0.3, 0.4) is 0 Å². The predicted octanol–water partition coefficient (Wildman–Crippen LogP) is 2.53. The molecule has 1 N–H and O–H groups in total. The maximum Gasteiger partial charge on any atom is 0.355 e. The van der Waals surface area contributed by atoms with Crippen molar-refractivity contribution in [2.45, 2.75) is 32.1 Å². The van der Waals surface area contributed by atoms with E-state index in [9.17, 15) is 22.4 Å². The van der Waals surface area contributed by atoms with Gasteiger partial charge in [0.2, 0.25) is 10.0 Å². The Morgan fingerprint density at radius 2 is 1.78 bits per heavy atom. The fourth-order valence-electron chi connectivity index (χ4n) is 3.96. The second-order valence-corrected chi connectivity index (χ2v) is 9.69. The van der Waals surface area contributed by atoms with Crippen LogP contribution in [0.1, 0.15) is 45.4 Å². The number of aryl methyl sites for hydroxylation is 1. The van der Waals surface area contributed by atoms with Crippen LogP contribution in [0.25, 0.3) is 0 Å². The van der Waals surface area contributed by atoms with Crippen molar-refractivity contribution in [1.29, 1.82) is 0 Å². The molecular weight excluding hydrogens is 437 g/mol. The molecule has 0 bridgehead atoms. The van der Waals surface area contributed by atoms with Gasteiger partial charge in [-0.05, 0) is 63.6 Å². The van der Waals surface area contributed by atoms with Crippen molar-refractivity contribution in [3.63, 3.8) is 0 Å². The minimum absolute atomic E-state index is 0.0495. The highest BCUT2D eigenvalue weighted by atomic mass is 32.2. The van der Waals surface area contributed by atoms with Gasteiger partial charge in [0.15, 0.2) is 5.78 Å². The highest BCUT2D eigenvalue weighted by molar-refractivity contribution is 7.89. The Morgan fingerprint density at radius 1 is 1.09 bits per heavy atom. The van der Waals surface area contributed by atoms with Crippen LogP contribution in [0, 0.1) is 19.7 Å². The van der Waals surface area contributed by atoms with Gasteiger partial charge in [0.25, 0.3) is 0 Å². The summed E-state index contributed by atoms with van der Waals surface area (Å²) in [4.78, 5) is 30.0. The molecule has 0 saturated carbocycles. The first kappa shape index (κ1) is 24.1. The third-order valence-corrected chi connectivity index (χ3v) is 7.47. The molecule has 1 saturated heterocycles. The molecule has 1 aromatic carbocycles. The van der Waals surface area contributed by atoms with Gasteiger partial charge in [0, 0.05) is 30.9 Å².